The molecule has 1 aromatic carbocycles. The molecule has 0 spiro atoms. The molecule has 1 aliphatic heterocycles. The van der Waals surface area contributed by atoms with Crippen LogP contribution in [0.15, 0.2) is 29.2 Å². The van der Waals surface area contributed by atoms with E-state index in [4.69, 9.17) is 0 Å². The maximum absolute atomic E-state index is 13.1. The quantitative estimate of drug-likeness (QED) is 0.884. The number of sulfonamides is 1. The van der Waals surface area contributed by atoms with Crippen molar-refractivity contribution < 1.29 is 21.6 Å². The molecule has 0 saturated carbocycles. The van der Waals surface area contributed by atoms with Gasteiger partial charge in [0.05, 0.1) is 10.5 Å². The lowest BCUT2D eigenvalue weighted by Gasteiger charge is -2.32. The summed E-state index contributed by atoms with van der Waals surface area (Å²) < 4.78 is 65.5. The SMILES string of the molecule is CNCC1CCCN(S(=O)(=O)c2ccccc2C(F)(F)F)C1.Cl. The van der Waals surface area contributed by atoms with Gasteiger partial charge >= 0.3 is 6.18 Å². The van der Waals surface area contributed by atoms with Crippen molar-refractivity contribution in [2.45, 2.75) is 23.9 Å². The Balaban J connectivity index is 0.00000264. The minimum absolute atomic E-state index is 0. The van der Waals surface area contributed by atoms with Crippen LogP contribution < -0.4 is 5.32 Å². The zero-order chi connectivity index (χ0) is 16.4. The second-order valence-corrected chi connectivity index (χ2v) is 7.33. The summed E-state index contributed by atoms with van der Waals surface area (Å²) in [7, 11) is -2.37. The molecule has 2 rings (SSSR count). The zero-order valence-electron chi connectivity index (χ0n) is 12.6. The number of benzene rings is 1. The molecule has 1 fully saturated rings. The average molecular weight is 373 g/mol. The van der Waals surface area contributed by atoms with Gasteiger partial charge in [0.1, 0.15) is 0 Å². The normalized spacial score (nSPS) is 20.1. The Kier molecular flexibility index (Phi) is 6.88. The van der Waals surface area contributed by atoms with Crippen molar-refractivity contribution in [3.05, 3.63) is 29.8 Å². The van der Waals surface area contributed by atoms with Crippen LogP contribution in [0.1, 0.15) is 18.4 Å². The van der Waals surface area contributed by atoms with Gasteiger partial charge in [-0.1, -0.05) is 12.1 Å². The highest BCUT2D eigenvalue weighted by Gasteiger charge is 2.39. The third-order valence-electron chi connectivity index (χ3n) is 3.78. The number of nitrogens with zero attached hydrogens (tertiary/aromatic N) is 1. The van der Waals surface area contributed by atoms with Crippen LogP contribution in [0.3, 0.4) is 0 Å². The minimum Gasteiger partial charge on any atom is -0.319 e. The van der Waals surface area contributed by atoms with Crippen LogP contribution in [0.25, 0.3) is 0 Å². The molecule has 1 aromatic rings. The van der Waals surface area contributed by atoms with Gasteiger partial charge in [-0.2, -0.15) is 17.5 Å². The molecule has 1 unspecified atom stereocenters. The van der Waals surface area contributed by atoms with E-state index >= 15 is 0 Å². The van der Waals surface area contributed by atoms with E-state index in [2.05, 4.69) is 5.32 Å². The highest BCUT2D eigenvalue weighted by molar-refractivity contribution is 7.89. The molecule has 132 valence electrons. The molecule has 0 aromatic heterocycles. The number of halogens is 4. The molecule has 0 radical (unpaired) electrons. The molecule has 0 bridgehead atoms. The van der Waals surface area contributed by atoms with Gasteiger partial charge in [0, 0.05) is 13.1 Å². The molecule has 0 aliphatic carbocycles. The Morgan fingerprint density at radius 3 is 2.57 bits per heavy atom. The fraction of sp³-hybridized carbons (Fsp3) is 0.571. The fourth-order valence-electron chi connectivity index (χ4n) is 2.77. The Hall–Kier alpha value is -0.830. The van der Waals surface area contributed by atoms with Crippen molar-refractivity contribution in [3.63, 3.8) is 0 Å². The van der Waals surface area contributed by atoms with Gasteiger partial charge in [-0.15, -0.1) is 12.4 Å². The van der Waals surface area contributed by atoms with E-state index in [1.807, 2.05) is 0 Å². The summed E-state index contributed by atoms with van der Waals surface area (Å²) in [4.78, 5) is -0.660. The van der Waals surface area contributed by atoms with E-state index in [1.54, 1.807) is 7.05 Å². The fourth-order valence-corrected chi connectivity index (χ4v) is 4.53. The lowest BCUT2D eigenvalue weighted by molar-refractivity contribution is -0.139. The third-order valence-corrected chi connectivity index (χ3v) is 5.71. The second kappa shape index (κ2) is 7.83. The number of piperidine rings is 1. The Morgan fingerprint density at radius 2 is 1.96 bits per heavy atom. The molecule has 1 saturated heterocycles. The van der Waals surface area contributed by atoms with Crippen LogP contribution in [0.2, 0.25) is 0 Å². The molecule has 1 heterocycles. The van der Waals surface area contributed by atoms with Crippen LogP contribution in [0, 0.1) is 5.92 Å². The van der Waals surface area contributed by atoms with Gasteiger partial charge in [0.25, 0.3) is 0 Å². The molecule has 9 heteroatoms. The van der Waals surface area contributed by atoms with Crippen LogP contribution >= 0.6 is 12.4 Å². The first-order valence-electron chi connectivity index (χ1n) is 7.08. The summed E-state index contributed by atoms with van der Waals surface area (Å²) in [6.45, 7) is 1.15. The van der Waals surface area contributed by atoms with Gasteiger partial charge in [0.15, 0.2) is 0 Å². The highest BCUT2D eigenvalue weighted by atomic mass is 35.5. The van der Waals surface area contributed by atoms with Crippen molar-refractivity contribution in [2.24, 2.45) is 5.92 Å². The van der Waals surface area contributed by atoms with E-state index in [0.717, 1.165) is 18.6 Å². The number of alkyl halides is 3. The van der Waals surface area contributed by atoms with E-state index < -0.39 is 26.7 Å². The van der Waals surface area contributed by atoms with Crippen molar-refractivity contribution in [1.82, 2.24) is 9.62 Å². The Bertz CT molecular complexity index is 621. The first-order valence-corrected chi connectivity index (χ1v) is 8.52. The van der Waals surface area contributed by atoms with Crippen molar-refractivity contribution in [3.8, 4) is 0 Å². The van der Waals surface area contributed by atoms with Crippen molar-refractivity contribution in [2.75, 3.05) is 26.7 Å². The molecule has 1 N–H and O–H groups in total. The summed E-state index contributed by atoms with van der Waals surface area (Å²) in [5.41, 5.74) is -1.11. The van der Waals surface area contributed by atoms with Crippen LogP contribution in [0.4, 0.5) is 13.2 Å². The van der Waals surface area contributed by atoms with Gasteiger partial charge in [0.2, 0.25) is 10.0 Å². The van der Waals surface area contributed by atoms with E-state index in [1.165, 1.54) is 16.4 Å². The number of hydrogen-bond acceptors (Lipinski definition) is 3. The van der Waals surface area contributed by atoms with Gasteiger partial charge in [-0.05, 0) is 44.5 Å². The van der Waals surface area contributed by atoms with Crippen molar-refractivity contribution in [1.29, 1.82) is 0 Å². The minimum atomic E-state index is -4.69. The predicted octanol–water partition coefficient (Wildman–Crippen LogP) is 2.75. The topological polar surface area (TPSA) is 49.4 Å². The smallest absolute Gasteiger partial charge is 0.319 e. The largest absolute Gasteiger partial charge is 0.417 e. The van der Waals surface area contributed by atoms with E-state index in [-0.39, 0.29) is 31.4 Å². The Labute approximate surface area is 140 Å². The number of hydrogen-bond donors (Lipinski definition) is 1. The molecule has 23 heavy (non-hydrogen) atoms. The maximum Gasteiger partial charge on any atom is 0.417 e. The standard InChI is InChI=1S/C14H19F3N2O2S.ClH/c1-18-9-11-5-4-8-19(10-11)22(20,21)13-7-3-2-6-12(13)14(15,16)17;/h2-3,6-7,11,18H,4-5,8-10H2,1H3;1H. The molecule has 1 aliphatic rings. The Morgan fingerprint density at radius 1 is 1.30 bits per heavy atom. The van der Waals surface area contributed by atoms with Gasteiger partial charge in [-0.25, -0.2) is 8.42 Å². The van der Waals surface area contributed by atoms with Crippen LogP contribution in [-0.4, -0.2) is 39.4 Å². The van der Waals surface area contributed by atoms with Gasteiger partial charge < -0.3 is 5.32 Å². The maximum atomic E-state index is 13.1. The molecular weight excluding hydrogens is 353 g/mol. The van der Waals surface area contributed by atoms with Crippen molar-refractivity contribution >= 4 is 22.4 Å². The highest BCUT2D eigenvalue weighted by Crippen LogP contribution is 2.35. The summed E-state index contributed by atoms with van der Waals surface area (Å²) in [6, 6.07) is 4.35. The van der Waals surface area contributed by atoms with Gasteiger partial charge in [-0.3, -0.25) is 0 Å². The first kappa shape index (κ1) is 20.2. The first-order chi connectivity index (χ1) is 10.3. The summed E-state index contributed by atoms with van der Waals surface area (Å²) in [6.07, 6.45) is -3.17. The monoisotopic (exact) mass is 372 g/mol. The lowest BCUT2D eigenvalue weighted by Crippen LogP contribution is -2.42. The molecule has 0 amide bonds. The van der Waals surface area contributed by atoms with E-state index in [9.17, 15) is 21.6 Å². The molecule has 1 atom stereocenters. The van der Waals surface area contributed by atoms with E-state index in [0.29, 0.717) is 13.0 Å². The predicted molar refractivity (Wildman–Crippen MR) is 84.1 cm³/mol. The van der Waals surface area contributed by atoms with Crippen LogP contribution in [0.5, 0.6) is 0 Å². The number of nitrogens with one attached hydrogen (secondary N) is 1. The average Bonchev–Trinajstić information content (AvgIpc) is 2.47. The molecular formula is C14H20ClF3N2O2S. The lowest BCUT2D eigenvalue weighted by atomic mass is 10.00. The van der Waals surface area contributed by atoms with Crippen LogP contribution in [-0.2, 0) is 16.2 Å². The number of rotatable bonds is 4. The second-order valence-electron chi connectivity index (χ2n) is 5.42. The zero-order valence-corrected chi connectivity index (χ0v) is 14.3. The summed E-state index contributed by atoms with van der Waals surface area (Å²) in [5.74, 6) is 0.117. The summed E-state index contributed by atoms with van der Waals surface area (Å²) >= 11 is 0. The third kappa shape index (κ3) is 4.59. The molecule has 4 nitrogen and oxygen atoms in total. The summed E-state index contributed by atoms with van der Waals surface area (Å²) in [5, 5.41) is 2.98.